The Bertz CT molecular complexity index is 907. The average molecular weight is 553 g/mol. The van der Waals surface area contributed by atoms with Gasteiger partial charge in [0.05, 0.1) is 24.3 Å². The van der Waals surface area contributed by atoms with Crippen molar-refractivity contribution < 1.29 is 19.1 Å². The summed E-state index contributed by atoms with van der Waals surface area (Å²) in [4.78, 5) is 26.7. The molecule has 40 heavy (non-hydrogen) atoms. The molecule has 0 heterocycles. The first kappa shape index (κ1) is 33.8. The van der Waals surface area contributed by atoms with Crippen molar-refractivity contribution in [2.45, 2.75) is 130 Å². The molecule has 4 heteroatoms. The second kappa shape index (κ2) is 20.5. The molecular formula is C36H56O4. The molecule has 2 atom stereocenters. The van der Waals surface area contributed by atoms with E-state index < -0.39 is 0 Å². The molecule has 2 rings (SSSR count). The molecule has 0 fully saturated rings. The van der Waals surface area contributed by atoms with E-state index in [-0.39, 0.29) is 11.9 Å². The van der Waals surface area contributed by atoms with Crippen molar-refractivity contribution >= 4 is 22.7 Å². The normalized spacial score (nSPS) is 12.8. The number of ether oxygens (including phenoxy) is 2. The van der Waals surface area contributed by atoms with Crippen LogP contribution >= 0.6 is 0 Å². The minimum atomic E-state index is -0.349. The Labute approximate surface area is 244 Å². The van der Waals surface area contributed by atoms with Gasteiger partial charge in [0, 0.05) is 5.39 Å². The molecule has 0 aliphatic heterocycles. The van der Waals surface area contributed by atoms with Crippen LogP contribution in [0.2, 0.25) is 0 Å². The van der Waals surface area contributed by atoms with E-state index in [1.54, 1.807) is 12.1 Å². The Morgan fingerprint density at radius 3 is 1.35 bits per heavy atom. The molecule has 0 spiro atoms. The highest BCUT2D eigenvalue weighted by atomic mass is 16.5. The highest BCUT2D eigenvalue weighted by molar-refractivity contribution is 6.13. The first-order chi connectivity index (χ1) is 19.5. The minimum Gasteiger partial charge on any atom is -0.462 e. The van der Waals surface area contributed by atoms with E-state index in [0.717, 1.165) is 56.8 Å². The van der Waals surface area contributed by atoms with Crippen LogP contribution in [-0.2, 0) is 9.47 Å². The smallest absolute Gasteiger partial charge is 0.338 e. The molecule has 0 radical (unpaired) electrons. The van der Waals surface area contributed by atoms with Gasteiger partial charge in [0.25, 0.3) is 0 Å². The Morgan fingerprint density at radius 1 is 0.550 bits per heavy atom. The number of benzene rings is 2. The third-order valence-electron chi connectivity index (χ3n) is 8.11. The van der Waals surface area contributed by atoms with Crippen molar-refractivity contribution in [1.29, 1.82) is 0 Å². The molecule has 0 aliphatic rings. The molecule has 0 saturated carbocycles. The van der Waals surface area contributed by atoms with Gasteiger partial charge in [-0.2, -0.15) is 0 Å². The summed E-state index contributed by atoms with van der Waals surface area (Å²) in [5.74, 6) is 0.0744. The Kier molecular flexibility index (Phi) is 17.4. The minimum absolute atomic E-state index is 0.349. The van der Waals surface area contributed by atoms with E-state index in [4.69, 9.17) is 9.47 Å². The zero-order chi connectivity index (χ0) is 29.0. The summed E-state index contributed by atoms with van der Waals surface area (Å²) < 4.78 is 11.8. The number of fused-ring (bicyclic) bond motifs is 1. The number of esters is 2. The summed E-state index contributed by atoms with van der Waals surface area (Å²) in [6, 6.07) is 11.2. The molecule has 0 bridgehead atoms. The number of carbonyl (C=O) groups excluding carboxylic acids is 2. The molecular weight excluding hydrogens is 496 g/mol. The van der Waals surface area contributed by atoms with Crippen LogP contribution in [0.4, 0.5) is 0 Å². The zero-order valence-corrected chi connectivity index (χ0v) is 26.0. The third-order valence-corrected chi connectivity index (χ3v) is 8.11. The summed E-state index contributed by atoms with van der Waals surface area (Å²) in [5.41, 5.74) is 0.903. The molecule has 0 aliphatic carbocycles. The largest absolute Gasteiger partial charge is 0.462 e. The van der Waals surface area contributed by atoms with Gasteiger partial charge in [-0.1, -0.05) is 129 Å². The van der Waals surface area contributed by atoms with Crippen LogP contribution in [0.15, 0.2) is 36.4 Å². The predicted octanol–water partition coefficient (Wildman–Crippen LogP) is 10.7. The van der Waals surface area contributed by atoms with Crippen LogP contribution < -0.4 is 0 Å². The van der Waals surface area contributed by atoms with Gasteiger partial charge >= 0.3 is 11.9 Å². The first-order valence-electron chi connectivity index (χ1n) is 16.4. The molecule has 224 valence electrons. The van der Waals surface area contributed by atoms with E-state index in [2.05, 4.69) is 27.7 Å². The molecule has 0 N–H and O–H groups in total. The van der Waals surface area contributed by atoms with Crippen molar-refractivity contribution in [3.8, 4) is 0 Å². The fourth-order valence-electron chi connectivity index (χ4n) is 5.55. The zero-order valence-electron chi connectivity index (χ0n) is 26.0. The van der Waals surface area contributed by atoms with Crippen molar-refractivity contribution in [1.82, 2.24) is 0 Å². The monoisotopic (exact) mass is 552 g/mol. The summed E-state index contributed by atoms with van der Waals surface area (Å²) >= 11 is 0. The number of carbonyl (C=O) groups is 2. The average Bonchev–Trinajstić information content (AvgIpc) is 2.98. The Hall–Kier alpha value is -2.36. The molecule has 0 aromatic heterocycles. The lowest BCUT2D eigenvalue weighted by Crippen LogP contribution is -2.17. The van der Waals surface area contributed by atoms with Crippen LogP contribution in [0.3, 0.4) is 0 Å². The predicted molar refractivity (Wildman–Crippen MR) is 168 cm³/mol. The molecule has 0 amide bonds. The lowest BCUT2D eigenvalue weighted by molar-refractivity contribution is 0.0424. The van der Waals surface area contributed by atoms with Gasteiger partial charge in [0.15, 0.2) is 0 Å². The molecule has 2 aromatic carbocycles. The highest BCUT2D eigenvalue weighted by Crippen LogP contribution is 2.27. The van der Waals surface area contributed by atoms with E-state index in [1.807, 2.05) is 24.3 Å². The van der Waals surface area contributed by atoms with E-state index in [1.165, 1.54) is 51.4 Å². The topological polar surface area (TPSA) is 52.6 Å². The van der Waals surface area contributed by atoms with Gasteiger partial charge in [0.1, 0.15) is 0 Å². The van der Waals surface area contributed by atoms with Crippen molar-refractivity contribution in [3.63, 3.8) is 0 Å². The van der Waals surface area contributed by atoms with Crippen molar-refractivity contribution in [2.75, 3.05) is 13.2 Å². The van der Waals surface area contributed by atoms with Crippen molar-refractivity contribution in [3.05, 3.63) is 47.5 Å². The Balaban J connectivity index is 2.13. The van der Waals surface area contributed by atoms with E-state index >= 15 is 0 Å². The summed E-state index contributed by atoms with van der Waals surface area (Å²) in [6.07, 6.45) is 18.7. The van der Waals surface area contributed by atoms with E-state index in [9.17, 15) is 9.59 Å². The molecule has 4 nitrogen and oxygen atoms in total. The Morgan fingerprint density at radius 2 is 0.950 bits per heavy atom. The SMILES string of the molecule is CCCCCCC(CCCC)COC(=O)c1cccc2cccc(C(=O)OCC(CCCC)CCCCCC)c12. The van der Waals surface area contributed by atoms with Crippen LogP contribution in [0.1, 0.15) is 151 Å². The van der Waals surface area contributed by atoms with Crippen LogP contribution in [0, 0.1) is 11.8 Å². The second-order valence-corrected chi connectivity index (χ2v) is 11.6. The number of unbranched alkanes of at least 4 members (excludes halogenated alkanes) is 8. The van der Waals surface area contributed by atoms with Crippen LogP contribution in [0.5, 0.6) is 0 Å². The lowest BCUT2D eigenvalue weighted by atomic mass is 9.95. The summed E-state index contributed by atoms with van der Waals surface area (Å²) in [7, 11) is 0. The molecule has 2 aromatic rings. The van der Waals surface area contributed by atoms with Gasteiger partial charge < -0.3 is 9.47 Å². The fourth-order valence-corrected chi connectivity index (χ4v) is 5.55. The lowest BCUT2D eigenvalue weighted by Gasteiger charge is -2.18. The molecule has 0 saturated heterocycles. The van der Waals surface area contributed by atoms with Crippen molar-refractivity contribution in [2.24, 2.45) is 11.8 Å². The quantitative estimate of drug-likeness (QED) is 0.108. The number of rotatable bonds is 22. The number of hydrogen-bond acceptors (Lipinski definition) is 4. The highest BCUT2D eigenvalue weighted by Gasteiger charge is 2.21. The van der Waals surface area contributed by atoms with E-state index in [0.29, 0.717) is 41.6 Å². The summed E-state index contributed by atoms with van der Waals surface area (Å²) in [6.45, 7) is 9.73. The van der Waals surface area contributed by atoms with Gasteiger partial charge in [0.2, 0.25) is 0 Å². The maximum atomic E-state index is 13.4. The standard InChI is InChI=1S/C36H56O4/c1-5-9-13-15-21-29(19-11-7-3)27-39-35(37)32-25-17-23-31-24-18-26-33(34(31)32)36(38)40-28-30(20-12-8-4)22-16-14-10-6-2/h17-18,23-26,29-30H,5-16,19-22,27-28H2,1-4H3. The van der Waals surface area contributed by atoms with Gasteiger partial charge in [-0.25, -0.2) is 9.59 Å². The van der Waals surface area contributed by atoms with Gasteiger partial charge in [-0.15, -0.1) is 0 Å². The molecule has 2 unspecified atom stereocenters. The second-order valence-electron chi connectivity index (χ2n) is 11.6. The first-order valence-corrected chi connectivity index (χ1v) is 16.4. The third kappa shape index (κ3) is 12.0. The van der Waals surface area contributed by atoms with Gasteiger partial charge in [-0.05, 0) is 55.0 Å². The fraction of sp³-hybridized carbons (Fsp3) is 0.667. The van der Waals surface area contributed by atoms with Crippen LogP contribution in [-0.4, -0.2) is 25.2 Å². The summed E-state index contributed by atoms with van der Waals surface area (Å²) in [5, 5.41) is 1.49. The number of hydrogen-bond donors (Lipinski definition) is 0. The maximum Gasteiger partial charge on any atom is 0.338 e. The van der Waals surface area contributed by atoms with Gasteiger partial charge in [-0.3, -0.25) is 0 Å². The van der Waals surface area contributed by atoms with Crippen LogP contribution in [0.25, 0.3) is 10.8 Å². The maximum absolute atomic E-state index is 13.4.